The zero-order valence-electron chi connectivity index (χ0n) is 13.2. The molecular formula is C14H26N6O. The number of aromatic nitrogens is 2. The largest absolute Gasteiger partial charge is 0.377 e. The number of rotatable bonds is 7. The van der Waals surface area contributed by atoms with Crippen LogP contribution in [0.5, 0.6) is 0 Å². The number of nitrogens with zero attached hydrogens (tertiary/aromatic N) is 4. The van der Waals surface area contributed by atoms with Gasteiger partial charge in [0, 0.05) is 32.8 Å². The first-order valence-electron chi connectivity index (χ1n) is 7.46. The first kappa shape index (κ1) is 15.9. The predicted octanol–water partition coefficient (Wildman–Crippen LogP) is 0.829. The van der Waals surface area contributed by atoms with Gasteiger partial charge in [-0.05, 0) is 25.9 Å². The first-order chi connectivity index (χ1) is 10.2. The van der Waals surface area contributed by atoms with Crippen LogP contribution >= 0.6 is 0 Å². The highest BCUT2D eigenvalue weighted by atomic mass is 16.5. The monoisotopic (exact) mass is 294 g/mol. The molecule has 0 aromatic carbocycles. The number of hydrogen-bond acceptors (Lipinski definition) is 7. The minimum atomic E-state index is 0.376. The Morgan fingerprint density at radius 1 is 1.52 bits per heavy atom. The number of likely N-dealkylation sites (N-methyl/N-ethyl adjacent to an activating group) is 2. The molecule has 1 atom stereocenters. The summed E-state index contributed by atoms with van der Waals surface area (Å²) in [5.41, 5.74) is 2.59. The standard InChI is InChI=1S/C14H26N6O/c1-4-20-7-5-6-11(20)9-19(2)14-8-12(18-15)16-13(17-14)10-21-3/h8,11H,4-7,9-10,15H2,1-3H3,(H,16,17,18). The third-order valence-electron chi connectivity index (χ3n) is 3.96. The molecule has 1 aromatic heterocycles. The van der Waals surface area contributed by atoms with E-state index in [0.29, 0.717) is 24.3 Å². The normalized spacial score (nSPS) is 19.0. The van der Waals surface area contributed by atoms with E-state index in [4.69, 9.17) is 10.6 Å². The van der Waals surface area contributed by atoms with Crippen LogP contribution in [0, 0.1) is 0 Å². The molecule has 0 amide bonds. The molecule has 3 N–H and O–H groups in total. The fourth-order valence-corrected chi connectivity index (χ4v) is 2.87. The summed E-state index contributed by atoms with van der Waals surface area (Å²) in [6.07, 6.45) is 2.52. The SMILES string of the molecule is CCN1CCCC1CN(C)c1cc(NN)nc(COC)n1. The zero-order chi connectivity index (χ0) is 15.2. The van der Waals surface area contributed by atoms with E-state index in [9.17, 15) is 0 Å². The van der Waals surface area contributed by atoms with Crippen LogP contribution in [0.2, 0.25) is 0 Å². The number of hydrogen-bond donors (Lipinski definition) is 2. The van der Waals surface area contributed by atoms with Crippen LogP contribution in [0.4, 0.5) is 11.6 Å². The van der Waals surface area contributed by atoms with Crippen LogP contribution in [0.15, 0.2) is 6.07 Å². The summed E-state index contributed by atoms with van der Waals surface area (Å²) >= 11 is 0. The molecule has 1 fully saturated rings. The van der Waals surface area contributed by atoms with Crippen LogP contribution in [-0.2, 0) is 11.3 Å². The van der Waals surface area contributed by atoms with E-state index in [-0.39, 0.29) is 0 Å². The number of anilines is 2. The molecule has 2 heterocycles. The molecule has 0 saturated carbocycles. The Morgan fingerprint density at radius 2 is 2.33 bits per heavy atom. The lowest BCUT2D eigenvalue weighted by Gasteiger charge is -2.28. The number of hydrazine groups is 1. The summed E-state index contributed by atoms with van der Waals surface area (Å²) in [6.45, 7) is 5.86. The van der Waals surface area contributed by atoms with Crippen molar-refractivity contribution in [1.29, 1.82) is 0 Å². The van der Waals surface area contributed by atoms with Crippen LogP contribution < -0.4 is 16.2 Å². The maximum absolute atomic E-state index is 5.48. The van der Waals surface area contributed by atoms with Gasteiger partial charge in [-0.1, -0.05) is 6.92 Å². The molecule has 2 rings (SSSR count). The molecule has 1 aromatic rings. The van der Waals surface area contributed by atoms with Gasteiger partial charge in [0.15, 0.2) is 5.82 Å². The van der Waals surface area contributed by atoms with E-state index >= 15 is 0 Å². The average molecular weight is 294 g/mol. The van der Waals surface area contributed by atoms with Crippen molar-refractivity contribution in [2.24, 2.45) is 5.84 Å². The number of ether oxygens (including phenoxy) is 1. The zero-order valence-corrected chi connectivity index (χ0v) is 13.2. The van der Waals surface area contributed by atoms with Crippen molar-refractivity contribution in [3.63, 3.8) is 0 Å². The summed E-state index contributed by atoms with van der Waals surface area (Å²) in [6, 6.07) is 2.46. The highest BCUT2D eigenvalue weighted by Crippen LogP contribution is 2.21. The van der Waals surface area contributed by atoms with E-state index < -0.39 is 0 Å². The molecular weight excluding hydrogens is 268 g/mol. The van der Waals surface area contributed by atoms with E-state index in [2.05, 4.69) is 39.2 Å². The summed E-state index contributed by atoms with van der Waals surface area (Å²) < 4.78 is 5.11. The van der Waals surface area contributed by atoms with E-state index in [0.717, 1.165) is 18.9 Å². The Kier molecular flexibility index (Phi) is 5.72. The van der Waals surface area contributed by atoms with Crippen LogP contribution in [-0.4, -0.2) is 54.7 Å². The summed E-state index contributed by atoms with van der Waals surface area (Å²) in [5.74, 6) is 7.59. The van der Waals surface area contributed by atoms with Crippen molar-refractivity contribution in [3.05, 3.63) is 11.9 Å². The van der Waals surface area contributed by atoms with Crippen molar-refractivity contribution in [2.75, 3.05) is 44.1 Å². The smallest absolute Gasteiger partial charge is 0.158 e. The van der Waals surface area contributed by atoms with Crippen molar-refractivity contribution in [3.8, 4) is 0 Å². The molecule has 1 aliphatic heterocycles. The fraction of sp³-hybridized carbons (Fsp3) is 0.714. The Bertz CT molecular complexity index is 455. The number of nitrogens with one attached hydrogen (secondary N) is 1. The Labute approximate surface area is 126 Å². The lowest BCUT2D eigenvalue weighted by molar-refractivity contribution is 0.178. The molecule has 7 nitrogen and oxygen atoms in total. The predicted molar refractivity (Wildman–Crippen MR) is 84.1 cm³/mol. The van der Waals surface area contributed by atoms with Gasteiger partial charge in [0.25, 0.3) is 0 Å². The maximum atomic E-state index is 5.48. The Balaban J connectivity index is 2.10. The van der Waals surface area contributed by atoms with Gasteiger partial charge in [-0.2, -0.15) is 0 Å². The molecule has 21 heavy (non-hydrogen) atoms. The lowest BCUT2D eigenvalue weighted by Crippen LogP contribution is -2.39. The highest BCUT2D eigenvalue weighted by Gasteiger charge is 2.24. The summed E-state index contributed by atoms with van der Waals surface area (Å²) in [7, 11) is 3.69. The molecule has 118 valence electrons. The molecule has 7 heteroatoms. The summed E-state index contributed by atoms with van der Waals surface area (Å²) in [4.78, 5) is 13.5. The van der Waals surface area contributed by atoms with Gasteiger partial charge in [-0.25, -0.2) is 15.8 Å². The second-order valence-corrected chi connectivity index (χ2v) is 5.41. The minimum absolute atomic E-state index is 0.376. The van der Waals surface area contributed by atoms with Gasteiger partial charge in [-0.3, -0.25) is 4.90 Å². The minimum Gasteiger partial charge on any atom is -0.377 e. The fourth-order valence-electron chi connectivity index (χ4n) is 2.87. The third-order valence-corrected chi connectivity index (χ3v) is 3.96. The summed E-state index contributed by atoms with van der Waals surface area (Å²) in [5, 5.41) is 0. The topological polar surface area (TPSA) is 79.5 Å². The second-order valence-electron chi connectivity index (χ2n) is 5.41. The van der Waals surface area contributed by atoms with Crippen LogP contribution in [0.3, 0.4) is 0 Å². The van der Waals surface area contributed by atoms with Gasteiger partial charge in [0.2, 0.25) is 0 Å². The average Bonchev–Trinajstić information content (AvgIpc) is 2.94. The molecule has 0 spiro atoms. The van der Waals surface area contributed by atoms with Crippen LogP contribution in [0.1, 0.15) is 25.6 Å². The van der Waals surface area contributed by atoms with Crippen molar-refractivity contribution in [2.45, 2.75) is 32.4 Å². The quantitative estimate of drug-likeness (QED) is 0.569. The molecule has 0 aliphatic carbocycles. The number of nitrogen functional groups attached to an aromatic ring is 1. The molecule has 1 unspecified atom stereocenters. The maximum Gasteiger partial charge on any atom is 0.158 e. The molecule has 1 saturated heterocycles. The molecule has 1 aliphatic rings. The van der Waals surface area contributed by atoms with Crippen LogP contribution in [0.25, 0.3) is 0 Å². The Hall–Kier alpha value is -1.44. The number of methoxy groups -OCH3 is 1. The second kappa shape index (κ2) is 7.53. The van der Waals surface area contributed by atoms with Gasteiger partial charge >= 0.3 is 0 Å². The van der Waals surface area contributed by atoms with E-state index in [1.54, 1.807) is 7.11 Å². The third kappa shape index (κ3) is 4.03. The van der Waals surface area contributed by atoms with E-state index in [1.807, 2.05) is 6.07 Å². The van der Waals surface area contributed by atoms with Gasteiger partial charge in [0.1, 0.15) is 18.2 Å². The lowest BCUT2D eigenvalue weighted by atomic mass is 10.2. The molecule has 0 radical (unpaired) electrons. The highest BCUT2D eigenvalue weighted by molar-refractivity contribution is 5.48. The first-order valence-corrected chi connectivity index (χ1v) is 7.46. The molecule has 0 bridgehead atoms. The Morgan fingerprint density at radius 3 is 3.00 bits per heavy atom. The van der Waals surface area contributed by atoms with E-state index in [1.165, 1.54) is 19.4 Å². The van der Waals surface area contributed by atoms with Gasteiger partial charge < -0.3 is 15.1 Å². The van der Waals surface area contributed by atoms with Gasteiger partial charge in [0.05, 0.1) is 0 Å². The van der Waals surface area contributed by atoms with Crippen molar-refractivity contribution < 1.29 is 4.74 Å². The van der Waals surface area contributed by atoms with Crippen molar-refractivity contribution >= 4 is 11.6 Å². The number of nitrogens with two attached hydrogens (primary N) is 1. The van der Waals surface area contributed by atoms with Crippen molar-refractivity contribution in [1.82, 2.24) is 14.9 Å². The number of likely N-dealkylation sites (tertiary alicyclic amines) is 1. The van der Waals surface area contributed by atoms with Gasteiger partial charge in [-0.15, -0.1) is 0 Å².